The topological polar surface area (TPSA) is 75.6 Å². The van der Waals surface area contributed by atoms with Crippen molar-refractivity contribution in [2.45, 2.75) is 12.5 Å². The quantitative estimate of drug-likeness (QED) is 0.736. The zero-order chi connectivity index (χ0) is 13.0. The molecule has 0 radical (unpaired) electrons. The summed E-state index contributed by atoms with van der Waals surface area (Å²) >= 11 is 0. The number of nitrogens with one attached hydrogen (secondary N) is 2. The molecule has 1 aromatic heterocycles. The smallest absolute Gasteiger partial charge is 0.258 e. The Kier molecular flexibility index (Phi) is 3.57. The maximum absolute atomic E-state index is 12.0. The number of rotatable bonds is 4. The van der Waals surface area contributed by atoms with Crippen molar-refractivity contribution in [2.75, 3.05) is 20.3 Å². The van der Waals surface area contributed by atoms with Gasteiger partial charge in [-0.25, -0.2) is 0 Å². The van der Waals surface area contributed by atoms with Gasteiger partial charge in [0.2, 0.25) is 0 Å². The first kappa shape index (κ1) is 12.5. The molecular formula is C12H16N4O2. The Bertz CT molecular complexity index is 460. The van der Waals surface area contributed by atoms with Crippen LogP contribution in [0, 0.1) is 0 Å². The van der Waals surface area contributed by atoms with E-state index in [0.29, 0.717) is 24.8 Å². The fraction of sp³-hybridized carbons (Fsp3) is 0.417. The van der Waals surface area contributed by atoms with Crippen molar-refractivity contribution in [3.8, 4) is 0 Å². The second-order valence-corrected chi connectivity index (χ2v) is 4.14. The summed E-state index contributed by atoms with van der Waals surface area (Å²) in [4.78, 5) is 20.4. The Morgan fingerprint density at radius 1 is 1.50 bits per heavy atom. The molecule has 6 heteroatoms. The molecule has 1 aromatic rings. The van der Waals surface area contributed by atoms with Gasteiger partial charge in [0.05, 0.1) is 18.8 Å². The molecule has 2 heterocycles. The van der Waals surface area contributed by atoms with E-state index in [1.54, 1.807) is 20.2 Å². The van der Waals surface area contributed by atoms with Crippen LogP contribution in [0.5, 0.6) is 0 Å². The number of pyridine rings is 1. The summed E-state index contributed by atoms with van der Waals surface area (Å²) < 4.78 is 4.91. The SMILES string of the molecule is COCCN=C1NC(=O)C(C)(c2ccccn2)N1. The van der Waals surface area contributed by atoms with Crippen LogP contribution in [0.15, 0.2) is 29.4 Å². The van der Waals surface area contributed by atoms with E-state index in [4.69, 9.17) is 4.74 Å². The lowest BCUT2D eigenvalue weighted by atomic mass is 9.98. The van der Waals surface area contributed by atoms with Crippen LogP contribution in [-0.2, 0) is 15.1 Å². The minimum atomic E-state index is -0.868. The molecular weight excluding hydrogens is 232 g/mol. The molecule has 0 aromatic carbocycles. The van der Waals surface area contributed by atoms with E-state index in [0.717, 1.165) is 0 Å². The third-order valence-electron chi connectivity index (χ3n) is 2.80. The Balaban J connectivity index is 2.16. The van der Waals surface area contributed by atoms with Crippen molar-refractivity contribution in [1.29, 1.82) is 0 Å². The van der Waals surface area contributed by atoms with Gasteiger partial charge in [0, 0.05) is 13.3 Å². The third-order valence-corrected chi connectivity index (χ3v) is 2.80. The lowest BCUT2D eigenvalue weighted by molar-refractivity contribution is -0.123. The molecule has 1 aliphatic heterocycles. The molecule has 96 valence electrons. The molecule has 2 rings (SSSR count). The van der Waals surface area contributed by atoms with Crippen LogP contribution in [0.3, 0.4) is 0 Å². The summed E-state index contributed by atoms with van der Waals surface area (Å²) in [5.74, 6) is 0.308. The average Bonchev–Trinajstić information content (AvgIpc) is 2.68. The van der Waals surface area contributed by atoms with Gasteiger partial charge in [0.1, 0.15) is 0 Å². The predicted octanol–water partition coefficient (Wildman–Crippen LogP) is 0.0186. The molecule has 1 aliphatic rings. The molecule has 1 amide bonds. The first-order chi connectivity index (χ1) is 8.66. The van der Waals surface area contributed by atoms with Gasteiger partial charge in [0.25, 0.3) is 5.91 Å². The highest BCUT2D eigenvalue weighted by Crippen LogP contribution is 2.21. The highest BCUT2D eigenvalue weighted by Gasteiger charge is 2.43. The van der Waals surface area contributed by atoms with Crippen LogP contribution in [0.1, 0.15) is 12.6 Å². The summed E-state index contributed by atoms with van der Waals surface area (Å²) in [5.41, 5.74) is -0.202. The van der Waals surface area contributed by atoms with Gasteiger partial charge in [-0.05, 0) is 19.1 Å². The van der Waals surface area contributed by atoms with E-state index in [9.17, 15) is 4.79 Å². The minimum Gasteiger partial charge on any atom is -0.383 e. The zero-order valence-electron chi connectivity index (χ0n) is 10.4. The number of methoxy groups -OCH3 is 1. The molecule has 0 bridgehead atoms. The highest BCUT2D eigenvalue weighted by atomic mass is 16.5. The number of aromatic nitrogens is 1. The number of hydrogen-bond acceptors (Lipinski definition) is 4. The second kappa shape index (κ2) is 5.14. The van der Waals surface area contributed by atoms with Crippen LogP contribution in [0.2, 0.25) is 0 Å². The molecule has 0 saturated carbocycles. The maximum Gasteiger partial charge on any atom is 0.258 e. The monoisotopic (exact) mass is 248 g/mol. The Morgan fingerprint density at radius 2 is 2.33 bits per heavy atom. The summed E-state index contributed by atoms with van der Waals surface area (Å²) in [6.45, 7) is 2.79. The van der Waals surface area contributed by atoms with Gasteiger partial charge in [-0.2, -0.15) is 0 Å². The largest absolute Gasteiger partial charge is 0.383 e. The van der Waals surface area contributed by atoms with E-state index in [2.05, 4.69) is 20.6 Å². The van der Waals surface area contributed by atoms with Crippen LogP contribution in [-0.4, -0.2) is 37.1 Å². The van der Waals surface area contributed by atoms with E-state index in [1.165, 1.54) is 0 Å². The summed E-state index contributed by atoms with van der Waals surface area (Å²) in [5, 5.41) is 5.77. The number of nitrogens with zero attached hydrogens (tertiary/aromatic N) is 2. The Labute approximate surface area is 105 Å². The number of guanidine groups is 1. The summed E-state index contributed by atoms with van der Waals surface area (Å²) in [6, 6.07) is 5.47. The van der Waals surface area contributed by atoms with Gasteiger partial charge in [-0.15, -0.1) is 0 Å². The van der Waals surface area contributed by atoms with Crippen LogP contribution in [0.25, 0.3) is 0 Å². The zero-order valence-corrected chi connectivity index (χ0v) is 10.4. The van der Waals surface area contributed by atoms with Crippen LogP contribution < -0.4 is 10.6 Å². The number of hydrogen-bond donors (Lipinski definition) is 2. The van der Waals surface area contributed by atoms with Crippen LogP contribution >= 0.6 is 0 Å². The molecule has 1 atom stereocenters. The van der Waals surface area contributed by atoms with Crippen LogP contribution in [0.4, 0.5) is 0 Å². The molecule has 1 unspecified atom stereocenters. The van der Waals surface area contributed by atoms with Gasteiger partial charge in [-0.1, -0.05) is 6.07 Å². The van der Waals surface area contributed by atoms with Gasteiger partial charge in [0.15, 0.2) is 11.5 Å². The van der Waals surface area contributed by atoms with E-state index >= 15 is 0 Å². The summed E-state index contributed by atoms with van der Waals surface area (Å²) in [7, 11) is 1.61. The first-order valence-corrected chi connectivity index (χ1v) is 5.71. The fourth-order valence-corrected chi connectivity index (χ4v) is 1.72. The second-order valence-electron chi connectivity index (χ2n) is 4.14. The molecule has 1 fully saturated rings. The summed E-state index contributed by atoms with van der Waals surface area (Å²) in [6.07, 6.45) is 1.66. The van der Waals surface area contributed by atoms with E-state index in [1.807, 2.05) is 18.2 Å². The molecule has 6 nitrogen and oxygen atoms in total. The first-order valence-electron chi connectivity index (χ1n) is 5.71. The van der Waals surface area contributed by atoms with Crippen molar-refractivity contribution >= 4 is 11.9 Å². The normalized spacial score (nSPS) is 25.0. The molecule has 1 saturated heterocycles. The number of aliphatic imine (C=N–C) groups is 1. The Morgan fingerprint density at radius 3 is 3.00 bits per heavy atom. The fourth-order valence-electron chi connectivity index (χ4n) is 1.72. The third kappa shape index (κ3) is 2.33. The van der Waals surface area contributed by atoms with E-state index in [-0.39, 0.29) is 5.91 Å². The highest BCUT2D eigenvalue weighted by molar-refractivity contribution is 6.08. The lowest BCUT2D eigenvalue weighted by Crippen LogP contribution is -2.41. The van der Waals surface area contributed by atoms with Crippen molar-refractivity contribution in [3.05, 3.63) is 30.1 Å². The number of carbonyl (C=O) groups excluding carboxylic acids is 1. The predicted molar refractivity (Wildman–Crippen MR) is 67.0 cm³/mol. The molecule has 18 heavy (non-hydrogen) atoms. The maximum atomic E-state index is 12.0. The molecule has 0 spiro atoms. The van der Waals surface area contributed by atoms with Gasteiger partial charge < -0.3 is 10.1 Å². The number of amides is 1. The average molecular weight is 248 g/mol. The van der Waals surface area contributed by atoms with E-state index < -0.39 is 5.54 Å². The van der Waals surface area contributed by atoms with Gasteiger partial charge in [-0.3, -0.25) is 20.1 Å². The standard InChI is InChI=1S/C12H16N4O2/c1-12(9-5-3-4-6-13-9)10(17)15-11(16-12)14-7-8-18-2/h3-6H,7-8H2,1-2H3,(H2,14,15,16,17). The molecule has 0 aliphatic carbocycles. The van der Waals surface area contributed by atoms with Crippen molar-refractivity contribution < 1.29 is 9.53 Å². The minimum absolute atomic E-state index is 0.155. The van der Waals surface area contributed by atoms with Crippen molar-refractivity contribution in [3.63, 3.8) is 0 Å². The number of carbonyl (C=O) groups is 1. The van der Waals surface area contributed by atoms with Crippen molar-refractivity contribution in [2.24, 2.45) is 4.99 Å². The van der Waals surface area contributed by atoms with Gasteiger partial charge >= 0.3 is 0 Å². The lowest BCUT2D eigenvalue weighted by Gasteiger charge is -2.19. The number of ether oxygens (including phenoxy) is 1. The molecule has 2 N–H and O–H groups in total. The van der Waals surface area contributed by atoms with Crippen molar-refractivity contribution in [1.82, 2.24) is 15.6 Å². The Hall–Kier alpha value is -1.95.